The topological polar surface area (TPSA) is 66.8 Å². The Morgan fingerprint density at radius 1 is 0.968 bits per heavy atom. The first-order valence-corrected chi connectivity index (χ1v) is 10.2. The van der Waals surface area contributed by atoms with Crippen LogP contribution >= 0.6 is 0 Å². The van der Waals surface area contributed by atoms with Gasteiger partial charge >= 0.3 is 0 Å². The van der Waals surface area contributed by atoms with Crippen molar-refractivity contribution in [1.29, 1.82) is 0 Å². The summed E-state index contributed by atoms with van der Waals surface area (Å²) in [4.78, 5) is 27.1. The number of carbonyl (C=O) groups is 2. The summed E-state index contributed by atoms with van der Waals surface area (Å²) < 4.78 is 5.94. The summed E-state index contributed by atoms with van der Waals surface area (Å²) >= 11 is 0. The monoisotopic (exact) mass is 413 g/mol. The number of amides is 1. The summed E-state index contributed by atoms with van der Waals surface area (Å²) in [6.07, 6.45) is 0.190. The van der Waals surface area contributed by atoms with Crippen LogP contribution in [0.2, 0.25) is 0 Å². The van der Waals surface area contributed by atoms with Crippen LogP contribution in [-0.4, -0.2) is 16.8 Å². The Bertz CT molecular complexity index is 1120. The SMILES string of the molecule is CCC(=O)C1=C(O)C(=O)N(c2ccccc2)C1c1cccc(OCc2ccccc2)c1. The normalized spacial score (nSPS) is 16.0. The van der Waals surface area contributed by atoms with Crippen molar-refractivity contribution in [3.63, 3.8) is 0 Å². The number of carbonyl (C=O) groups excluding carboxylic acids is 2. The number of aliphatic hydroxyl groups is 1. The molecule has 1 atom stereocenters. The molecule has 0 saturated carbocycles. The Hall–Kier alpha value is -3.86. The number of hydrogen-bond donors (Lipinski definition) is 1. The molecule has 1 amide bonds. The fraction of sp³-hybridized carbons (Fsp3) is 0.154. The van der Waals surface area contributed by atoms with Gasteiger partial charge in [-0.25, -0.2) is 0 Å². The van der Waals surface area contributed by atoms with Crippen LogP contribution in [0.25, 0.3) is 0 Å². The average molecular weight is 413 g/mol. The Morgan fingerprint density at radius 2 is 1.65 bits per heavy atom. The minimum Gasteiger partial charge on any atom is -0.503 e. The largest absolute Gasteiger partial charge is 0.503 e. The molecule has 0 fully saturated rings. The van der Waals surface area contributed by atoms with Gasteiger partial charge in [0.2, 0.25) is 0 Å². The van der Waals surface area contributed by atoms with Gasteiger partial charge in [-0.15, -0.1) is 0 Å². The molecule has 0 aliphatic carbocycles. The lowest BCUT2D eigenvalue weighted by Crippen LogP contribution is -2.30. The Kier molecular flexibility index (Phi) is 5.85. The van der Waals surface area contributed by atoms with Gasteiger partial charge in [0, 0.05) is 12.1 Å². The molecule has 31 heavy (non-hydrogen) atoms. The van der Waals surface area contributed by atoms with E-state index >= 15 is 0 Å². The molecule has 1 aliphatic heterocycles. The van der Waals surface area contributed by atoms with Gasteiger partial charge in [-0.2, -0.15) is 0 Å². The van der Waals surface area contributed by atoms with Gasteiger partial charge in [0.25, 0.3) is 5.91 Å². The van der Waals surface area contributed by atoms with E-state index in [1.807, 2.05) is 72.8 Å². The molecule has 0 saturated heterocycles. The summed E-state index contributed by atoms with van der Waals surface area (Å²) in [6, 6.07) is 25.5. The van der Waals surface area contributed by atoms with Crippen LogP contribution in [0.5, 0.6) is 5.75 Å². The van der Waals surface area contributed by atoms with Crippen LogP contribution < -0.4 is 9.64 Å². The van der Waals surface area contributed by atoms with E-state index in [9.17, 15) is 14.7 Å². The molecule has 1 N–H and O–H groups in total. The zero-order chi connectivity index (χ0) is 21.8. The molecule has 5 nitrogen and oxygen atoms in total. The van der Waals surface area contributed by atoms with Crippen molar-refractivity contribution in [2.45, 2.75) is 26.0 Å². The summed E-state index contributed by atoms with van der Waals surface area (Å²) in [7, 11) is 0. The van der Waals surface area contributed by atoms with E-state index in [4.69, 9.17) is 4.74 Å². The standard InChI is InChI=1S/C26H23NO4/c1-2-22(28)23-24(27(26(30)25(23)29)20-13-7-4-8-14-20)19-12-9-15-21(16-19)31-17-18-10-5-3-6-11-18/h3-16,24,29H,2,17H2,1H3. The number of hydrogen-bond acceptors (Lipinski definition) is 4. The summed E-state index contributed by atoms with van der Waals surface area (Å²) in [5.41, 5.74) is 2.47. The highest BCUT2D eigenvalue weighted by Gasteiger charge is 2.43. The third-order valence-electron chi connectivity index (χ3n) is 5.29. The smallest absolute Gasteiger partial charge is 0.294 e. The van der Waals surface area contributed by atoms with Gasteiger partial charge < -0.3 is 9.84 Å². The second-order valence-corrected chi connectivity index (χ2v) is 7.30. The van der Waals surface area contributed by atoms with Crippen LogP contribution in [-0.2, 0) is 16.2 Å². The molecule has 0 bridgehead atoms. The van der Waals surface area contributed by atoms with Crippen LogP contribution in [0.4, 0.5) is 5.69 Å². The number of rotatable bonds is 7. The molecule has 0 spiro atoms. The maximum Gasteiger partial charge on any atom is 0.294 e. The number of nitrogens with zero attached hydrogens (tertiary/aromatic N) is 1. The number of anilines is 1. The van der Waals surface area contributed by atoms with Gasteiger partial charge in [-0.05, 0) is 35.4 Å². The zero-order valence-electron chi connectivity index (χ0n) is 17.2. The number of ether oxygens (including phenoxy) is 1. The fourth-order valence-corrected chi connectivity index (χ4v) is 3.77. The lowest BCUT2D eigenvalue weighted by atomic mass is 9.94. The summed E-state index contributed by atoms with van der Waals surface area (Å²) in [5.74, 6) is -0.707. The van der Waals surface area contributed by atoms with Gasteiger partial charge in [0.15, 0.2) is 11.5 Å². The van der Waals surface area contributed by atoms with Crippen molar-refractivity contribution in [2.75, 3.05) is 4.90 Å². The van der Waals surface area contributed by atoms with Crippen molar-refractivity contribution in [1.82, 2.24) is 0 Å². The van der Waals surface area contributed by atoms with Crippen LogP contribution in [0, 0.1) is 0 Å². The molecule has 4 rings (SSSR count). The zero-order valence-corrected chi connectivity index (χ0v) is 17.2. The second kappa shape index (κ2) is 8.88. The maximum atomic E-state index is 13.0. The van der Waals surface area contributed by atoms with Crippen molar-refractivity contribution >= 4 is 17.4 Å². The molecule has 0 radical (unpaired) electrons. The molecule has 1 unspecified atom stereocenters. The van der Waals surface area contributed by atoms with Crippen molar-refractivity contribution < 1.29 is 19.4 Å². The molecule has 3 aromatic carbocycles. The number of ketones is 1. The molecule has 156 valence electrons. The maximum absolute atomic E-state index is 13.0. The van der Waals surface area contributed by atoms with E-state index in [0.29, 0.717) is 23.6 Å². The van der Waals surface area contributed by atoms with Gasteiger partial charge in [-0.1, -0.05) is 67.6 Å². The predicted molar refractivity (Wildman–Crippen MR) is 119 cm³/mol. The lowest BCUT2D eigenvalue weighted by molar-refractivity contribution is -0.118. The molecular weight excluding hydrogens is 390 g/mol. The molecule has 1 heterocycles. The molecule has 3 aromatic rings. The highest BCUT2D eigenvalue weighted by Crippen LogP contribution is 2.41. The fourth-order valence-electron chi connectivity index (χ4n) is 3.77. The Morgan fingerprint density at radius 3 is 2.32 bits per heavy atom. The van der Waals surface area contributed by atoms with Gasteiger partial charge in [0.05, 0.1) is 11.6 Å². The predicted octanol–water partition coefficient (Wildman–Crippen LogP) is 5.14. The molecule has 1 aliphatic rings. The van der Waals surface area contributed by atoms with Gasteiger partial charge in [0.1, 0.15) is 12.4 Å². The average Bonchev–Trinajstić information content (AvgIpc) is 3.09. The molecule has 5 heteroatoms. The van der Waals surface area contributed by atoms with E-state index in [-0.39, 0.29) is 17.8 Å². The Labute approximate surface area is 181 Å². The van der Waals surface area contributed by atoms with Crippen molar-refractivity contribution in [2.24, 2.45) is 0 Å². The number of para-hydroxylation sites is 1. The highest BCUT2D eigenvalue weighted by atomic mass is 16.5. The summed E-state index contributed by atoms with van der Waals surface area (Å²) in [5, 5.41) is 10.6. The third-order valence-corrected chi connectivity index (χ3v) is 5.29. The van der Waals surface area contributed by atoms with E-state index < -0.39 is 17.7 Å². The van der Waals surface area contributed by atoms with E-state index in [0.717, 1.165) is 5.56 Å². The number of Topliss-reactive ketones (excluding diaryl/α,β-unsaturated/α-hetero) is 1. The van der Waals surface area contributed by atoms with Crippen LogP contribution in [0.15, 0.2) is 96.3 Å². The van der Waals surface area contributed by atoms with E-state index in [2.05, 4.69) is 0 Å². The summed E-state index contributed by atoms with van der Waals surface area (Å²) in [6.45, 7) is 2.12. The van der Waals surface area contributed by atoms with Crippen molar-refractivity contribution in [3.8, 4) is 5.75 Å². The lowest BCUT2D eigenvalue weighted by Gasteiger charge is -2.27. The number of benzene rings is 3. The van der Waals surface area contributed by atoms with Crippen molar-refractivity contribution in [3.05, 3.63) is 107 Å². The quantitative estimate of drug-likeness (QED) is 0.582. The minimum absolute atomic E-state index is 0.122. The van der Waals surface area contributed by atoms with E-state index in [1.54, 1.807) is 19.1 Å². The minimum atomic E-state index is -0.720. The molecule has 0 aromatic heterocycles. The van der Waals surface area contributed by atoms with Crippen LogP contribution in [0.3, 0.4) is 0 Å². The Balaban J connectivity index is 1.71. The molecular formula is C26H23NO4. The third kappa shape index (κ3) is 4.08. The number of aliphatic hydroxyl groups excluding tert-OH is 1. The van der Waals surface area contributed by atoms with Crippen LogP contribution in [0.1, 0.15) is 30.5 Å². The van der Waals surface area contributed by atoms with Gasteiger partial charge in [-0.3, -0.25) is 14.5 Å². The first-order valence-electron chi connectivity index (χ1n) is 10.2. The second-order valence-electron chi connectivity index (χ2n) is 7.30. The first-order chi connectivity index (χ1) is 15.1. The van der Waals surface area contributed by atoms with E-state index in [1.165, 1.54) is 4.90 Å². The highest BCUT2D eigenvalue weighted by molar-refractivity contribution is 6.16. The first kappa shape index (κ1) is 20.4.